The fourth-order valence-corrected chi connectivity index (χ4v) is 2.98. The van der Waals surface area contributed by atoms with E-state index in [1.165, 1.54) is 25.0 Å². The molecule has 0 N–H and O–H groups in total. The Labute approximate surface area is 134 Å². The molecule has 2 atom stereocenters. The third kappa shape index (κ3) is 3.39. The average Bonchev–Trinajstić information content (AvgIpc) is 3.04. The molecule has 1 aromatic carbocycles. The number of nitro benzene ring substituents is 1. The van der Waals surface area contributed by atoms with Crippen LogP contribution in [0.3, 0.4) is 0 Å². The summed E-state index contributed by atoms with van der Waals surface area (Å²) in [5.41, 5.74) is 0.734. The van der Waals surface area contributed by atoms with E-state index in [0.29, 0.717) is 23.3 Å². The van der Waals surface area contributed by atoms with Crippen molar-refractivity contribution < 1.29 is 9.34 Å². The molecule has 1 aromatic heterocycles. The first kappa shape index (κ1) is 15.6. The maximum atomic E-state index is 10.7. The van der Waals surface area contributed by atoms with Gasteiger partial charge in [0, 0.05) is 24.2 Å². The molecule has 23 heavy (non-hydrogen) atoms. The quantitative estimate of drug-likeness (QED) is 0.634. The van der Waals surface area contributed by atoms with Gasteiger partial charge in [-0.1, -0.05) is 6.92 Å². The highest BCUT2D eigenvalue weighted by Gasteiger charge is 2.25. The summed E-state index contributed by atoms with van der Waals surface area (Å²) in [5.74, 6) is 1.67. The van der Waals surface area contributed by atoms with Crippen molar-refractivity contribution in [3.05, 3.63) is 40.3 Å². The molecule has 122 valence electrons. The Morgan fingerprint density at radius 3 is 2.74 bits per heavy atom. The molecule has 0 unspecified atom stereocenters. The van der Waals surface area contributed by atoms with Gasteiger partial charge in [-0.15, -0.1) is 10.2 Å². The van der Waals surface area contributed by atoms with Gasteiger partial charge in [-0.3, -0.25) is 15.0 Å². The molecular weight excluding hydrogens is 296 g/mol. The topological polar surface area (TPSA) is 85.3 Å². The number of nitrogens with zero attached hydrogens (tertiary/aromatic N) is 4. The van der Waals surface area contributed by atoms with Gasteiger partial charge in [-0.2, -0.15) is 0 Å². The van der Waals surface area contributed by atoms with Crippen LogP contribution in [0.1, 0.15) is 38.6 Å². The third-order valence-electron chi connectivity index (χ3n) is 4.36. The molecule has 3 rings (SSSR count). The number of rotatable bonds is 4. The van der Waals surface area contributed by atoms with Crippen LogP contribution in [0.25, 0.3) is 11.5 Å². The van der Waals surface area contributed by atoms with Crippen LogP contribution in [0, 0.1) is 16.0 Å². The Hall–Kier alpha value is -2.28. The molecule has 0 radical (unpaired) electrons. The van der Waals surface area contributed by atoms with E-state index in [1.807, 2.05) is 0 Å². The van der Waals surface area contributed by atoms with Crippen LogP contribution in [0.2, 0.25) is 0 Å². The molecule has 1 saturated heterocycles. The Morgan fingerprint density at radius 1 is 1.35 bits per heavy atom. The van der Waals surface area contributed by atoms with Gasteiger partial charge in [0.25, 0.3) is 5.69 Å². The second-order valence-electron chi connectivity index (χ2n) is 6.17. The number of hydrogen-bond acceptors (Lipinski definition) is 6. The number of piperidine rings is 1. The molecule has 7 heteroatoms. The van der Waals surface area contributed by atoms with Crippen molar-refractivity contribution in [2.45, 2.75) is 32.7 Å². The first-order valence-electron chi connectivity index (χ1n) is 7.87. The lowest BCUT2D eigenvalue weighted by atomic mass is 9.99. The summed E-state index contributed by atoms with van der Waals surface area (Å²) in [6.07, 6.45) is 2.45. The number of aromatic nitrogens is 2. The van der Waals surface area contributed by atoms with Gasteiger partial charge in [-0.05, 0) is 44.4 Å². The van der Waals surface area contributed by atoms with E-state index >= 15 is 0 Å². The van der Waals surface area contributed by atoms with Crippen molar-refractivity contribution >= 4 is 5.69 Å². The molecule has 2 aromatic rings. The summed E-state index contributed by atoms with van der Waals surface area (Å²) in [5, 5.41) is 18.9. The molecule has 0 saturated carbocycles. The van der Waals surface area contributed by atoms with E-state index in [4.69, 9.17) is 4.42 Å². The Balaban J connectivity index is 1.75. The fourth-order valence-electron chi connectivity index (χ4n) is 2.98. The van der Waals surface area contributed by atoms with Gasteiger partial charge >= 0.3 is 0 Å². The maximum absolute atomic E-state index is 10.7. The number of hydrogen-bond donors (Lipinski definition) is 0. The number of non-ortho nitro benzene ring substituents is 1. The standard InChI is InChI=1S/C16H20N4O3/c1-11-4-3-9-19(10-11)12(2)15-17-18-16(23-15)13-5-7-14(8-6-13)20(21)22/h5-8,11-12H,3-4,9-10H2,1-2H3/t11-,12-/m0/s1. The molecular formula is C16H20N4O3. The molecule has 0 amide bonds. The predicted molar refractivity (Wildman–Crippen MR) is 84.8 cm³/mol. The van der Waals surface area contributed by atoms with Gasteiger partial charge < -0.3 is 4.42 Å². The highest BCUT2D eigenvalue weighted by molar-refractivity contribution is 5.55. The third-order valence-corrected chi connectivity index (χ3v) is 4.36. The lowest BCUT2D eigenvalue weighted by molar-refractivity contribution is -0.384. The summed E-state index contributed by atoms with van der Waals surface area (Å²) in [6.45, 7) is 6.41. The van der Waals surface area contributed by atoms with Crippen molar-refractivity contribution in [3.8, 4) is 11.5 Å². The lowest BCUT2D eigenvalue weighted by Gasteiger charge is -2.33. The molecule has 1 aliphatic rings. The minimum absolute atomic E-state index is 0.0455. The van der Waals surface area contributed by atoms with E-state index in [9.17, 15) is 10.1 Å². The summed E-state index contributed by atoms with van der Waals surface area (Å²) in [7, 11) is 0. The average molecular weight is 316 g/mol. The van der Waals surface area contributed by atoms with Gasteiger partial charge in [0.05, 0.1) is 11.0 Å². The smallest absolute Gasteiger partial charge is 0.269 e. The largest absolute Gasteiger partial charge is 0.419 e. The first-order chi connectivity index (χ1) is 11.0. The second kappa shape index (κ2) is 6.45. The minimum atomic E-state index is -0.428. The van der Waals surface area contributed by atoms with Crippen LogP contribution in [0.15, 0.2) is 28.7 Å². The summed E-state index contributed by atoms with van der Waals surface area (Å²) >= 11 is 0. The van der Waals surface area contributed by atoms with Crippen LogP contribution < -0.4 is 0 Å². The molecule has 1 fully saturated rings. The number of benzene rings is 1. The van der Waals surface area contributed by atoms with E-state index in [0.717, 1.165) is 13.1 Å². The van der Waals surface area contributed by atoms with Crippen LogP contribution in [0.5, 0.6) is 0 Å². The van der Waals surface area contributed by atoms with Gasteiger partial charge in [0.15, 0.2) is 0 Å². The van der Waals surface area contributed by atoms with Crippen LogP contribution in [-0.4, -0.2) is 33.1 Å². The van der Waals surface area contributed by atoms with Gasteiger partial charge in [0.2, 0.25) is 11.8 Å². The predicted octanol–water partition coefficient (Wildman–Crippen LogP) is 3.44. The molecule has 1 aliphatic heterocycles. The Bertz CT molecular complexity index is 683. The SMILES string of the molecule is C[C@H]1CCCN([C@@H](C)c2nnc(-c3ccc([N+](=O)[O-])cc3)o2)C1. The van der Waals surface area contributed by atoms with E-state index in [-0.39, 0.29) is 11.7 Å². The summed E-state index contributed by atoms with van der Waals surface area (Å²) < 4.78 is 5.79. The fraction of sp³-hybridized carbons (Fsp3) is 0.500. The first-order valence-corrected chi connectivity index (χ1v) is 7.87. The summed E-state index contributed by atoms with van der Waals surface area (Å²) in [4.78, 5) is 12.6. The number of likely N-dealkylation sites (tertiary alicyclic amines) is 1. The van der Waals surface area contributed by atoms with Crippen LogP contribution >= 0.6 is 0 Å². The Kier molecular flexibility index (Phi) is 4.38. The van der Waals surface area contributed by atoms with E-state index in [1.54, 1.807) is 12.1 Å². The zero-order chi connectivity index (χ0) is 16.4. The van der Waals surface area contributed by atoms with E-state index in [2.05, 4.69) is 28.9 Å². The van der Waals surface area contributed by atoms with Crippen molar-refractivity contribution in [1.29, 1.82) is 0 Å². The normalized spacial score (nSPS) is 20.3. The highest BCUT2D eigenvalue weighted by Crippen LogP contribution is 2.28. The molecule has 2 heterocycles. The maximum Gasteiger partial charge on any atom is 0.269 e. The zero-order valence-electron chi connectivity index (χ0n) is 13.3. The Morgan fingerprint density at radius 2 is 2.09 bits per heavy atom. The monoisotopic (exact) mass is 316 g/mol. The van der Waals surface area contributed by atoms with E-state index < -0.39 is 4.92 Å². The van der Waals surface area contributed by atoms with Crippen molar-refractivity contribution in [2.24, 2.45) is 5.92 Å². The van der Waals surface area contributed by atoms with Crippen molar-refractivity contribution in [3.63, 3.8) is 0 Å². The van der Waals surface area contributed by atoms with Crippen molar-refractivity contribution in [1.82, 2.24) is 15.1 Å². The molecule has 7 nitrogen and oxygen atoms in total. The van der Waals surface area contributed by atoms with Crippen LogP contribution in [-0.2, 0) is 0 Å². The minimum Gasteiger partial charge on any atom is -0.419 e. The molecule has 0 aliphatic carbocycles. The molecule has 0 spiro atoms. The van der Waals surface area contributed by atoms with Gasteiger partial charge in [0.1, 0.15) is 0 Å². The zero-order valence-corrected chi connectivity index (χ0v) is 13.3. The summed E-state index contributed by atoms with van der Waals surface area (Å²) in [6, 6.07) is 6.22. The van der Waals surface area contributed by atoms with Crippen molar-refractivity contribution in [2.75, 3.05) is 13.1 Å². The highest BCUT2D eigenvalue weighted by atomic mass is 16.6. The van der Waals surface area contributed by atoms with Crippen LogP contribution in [0.4, 0.5) is 5.69 Å². The second-order valence-corrected chi connectivity index (χ2v) is 6.17. The van der Waals surface area contributed by atoms with Gasteiger partial charge in [-0.25, -0.2) is 0 Å². The number of nitro groups is 1. The molecule has 0 bridgehead atoms. The lowest BCUT2D eigenvalue weighted by Crippen LogP contribution is -2.36.